The van der Waals surface area contributed by atoms with Crippen LogP contribution in [0.2, 0.25) is 0 Å². The Kier molecular flexibility index (Phi) is 3.25. The molecule has 0 unspecified atom stereocenters. The first-order chi connectivity index (χ1) is 7.75. The normalized spacial score (nSPS) is 10.3. The molecule has 1 N–H and O–H groups in total. The lowest BCUT2D eigenvalue weighted by Crippen LogP contribution is -2.26. The van der Waals surface area contributed by atoms with E-state index < -0.39 is 0 Å². The number of amides is 1. The summed E-state index contributed by atoms with van der Waals surface area (Å²) in [5.74, 6) is -0.204. The maximum absolute atomic E-state index is 11.5. The summed E-state index contributed by atoms with van der Waals surface area (Å²) in [6, 6.07) is 0. The molecule has 84 valence electrons. The zero-order chi connectivity index (χ0) is 11.4. The number of rotatable bonds is 4. The Morgan fingerprint density at radius 3 is 3.12 bits per heavy atom. The third kappa shape index (κ3) is 2.63. The summed E-state index contributed by atoms with van der Waals surface area (Å²) in [4.78, 5) is 15.7. The molecule has 7 heteroatoms. The van der Waals surface area contributed by atoms with Gasteiger partial charge >= 0.3 is 0 Å². The van der Waals surface area contributed by atoms with E-state index in [4.69, 9.17) is 0 Å². The van der Waals surface area contributed by atoms with Crippen LogP contribution >= 0.6 is 11.3 Å². The second-order valence-electron chi connectivity index (χ2n) is 3.21. The Morgan fingerprint density at radius 2 is 2.50 bits per heavy atom. The lowest BCUT2D eigenvalue weighted by molar-refractivity contribution is 0.0949. The molecule has 6 nitrogen and oxygen atoms in total. The predicted octanol–water partition coefficient (Wildman–Crippen LogP) is 0.244. The van der Waals surface area contributed by atoms with Crippen molar-refractivity contribution in [3.05, 3.63) is 28.5 Å². The number of nitrogens with one attached hydrogen (secondary N) is 1. The molecule has 0 fully saturated rings. The highest BCUT2D eigenvalue weighted by atomic mass is 32.1. The van der Waals surface area contributed by atoms with Crippen molar-refractivity contribution in [2.24, 2.45) is 7.05 Å². The fourth-order valence-electron chi connectivity index (χ4n) is 1.20. The number of thiazole rings is 1. The van der Waals surface area contributed by atoms with E-state index in [1.54, 1.807) is 30.8 Å². The Bertz CT molecular complexity index is 464. The van der Waals surface area contributed by atoms with Gasteiger partial charge in [0.1, 0.15) is 0 Å². The summed E-state index contributed by atoms with van der Waals surface area (Å²) in [5, 5.41) is 13.1. The third-order valence-electron chi connectivity index (χ3n) is 1.94. The maximum Gasteiger partial charge on any atom is 0.273 e. The van der Waals surface area contributed by atoms with Gasteiger partial charge in [-0.1, -0.05) is 5.21 Å². The number of carbonyl (C=O) groups excluding carboxylic acids is 1. The van der Waals surface area contributed by atoms with Gasteiger partial charge in [-0.2, -0.15) is 0 Å². The third-order valence-corrected chi connectivity index (χ3v) is 2.78. The van der Waals surface area contributed by atoms with Gasteiger partial charge in [-0.25, -0.2) is 4.98 Å². The molecule has 16 heavy (non-hydrogen) atoms. The van der Waals surface area contributed by atoms with Crippen LogP contribution in [-0.4, -0.2) is 32.4 Å². The molecular weight excluding hydrogens is 226 g/mol. The molecular formula is C9H11N5OS. The van der Waals surface area contributed by atoms with Gasteiger partial charge in [0.15, 0.2) is 5.69 Å². The van der Waals surface area contributed by atoms with Gasteiger partial charge in [0.25, 0.3) is 5.91 Å². The topological polar surface area (TPSA) is 72.7 Å². The van der Waals surface area contributed by atoms with E-state index >= 15 is 0 Å². The molecule has 2 aromatic heterocycles. The SMILES string of the molecule is Cn1cc(C(=O)NCCc2nccs2)nn1. The Balaban J connectivity index is 1.80. The van der Waals surface area contributed by atoms with E-state index in [0.717, 1.165) is 11.4 Å². The van der Waals surface area contributed by atoms with E-state index in [2.05, 4.69) is 20.6 Å². The number of hydrogen-bond donors (Lipinski definition) is 1. The summed E-state index contributed by atoms with van der Waals surface area (Å²) < 4.78 is 1.50. The van der Waals surface area contributed by atoms with Crippen LogP contribution in [-0.2, 0) is 13.5 Å². The summed E-state index contributed by atoms with van der Waals surface area (Å²) >= 11 is 1.58. The van der Waals surface area contributed by atoms with Crippen molar-refractivity contribution in [2.45, 2.75) is 6.42 Å². The van der Waals surface area contributed by atoms with Crippen LogP contribution in [0.25, 0.3) is 0 Å². The number of nitrogens with zero attached hydrogens (tertiary/aromatic N) is 4. The number of aromatic nitrogens is 4. The van der Waals surface area contributed by atoms with Crippen LogP contribution in [0.1, 0.15) is 15.5 Å². The van der Waals surface area contributed by atoms with Crippen LogP contribution < -0.4 is 5.32 Å². The van der Waals surface area contributed by atoms with Crippen molar-refractivity contribution in [3.63, 3.8) is 0 Å². The summed E-state index contributed by atoms with van der Waals surface area (Å²) in [6.07, 6.45) is 4.08. The van der Waals surface area contributed by atoms with E-state index in [1.165, 1.54) is 4.68 Å². The first-order valence-corrected chi connectivity index (χ1v) is 5.66. The second-order valence-corrected chi connectivity index (χ2v) is 4.19. The highest BCUT2D eigenvalue weighted by molar-refractivity contribution is 7.09. The molecule has 0 aliphatic carbocycles. The highest BCUT2D eigenvalue weighted by Gasteiger charge is 2.08. The molecule has 2 heterocycles. The van der Waals surface area contributed by atoms with Crippen molar-refractivity contribution < 1.29 is 4.79 Å². The predicted molar refractivity (Wildman–Crippen MR) is 59.2 cm³/mol. The second kappa shape index (κ2) is 4.84. The van der Waals surface area contributed by atoms with Crippen molar-refractivity contribution in [1.29, 1.82) is 0 Å². The molecule has 0 bridgehead atoms. The van der Waals surface area contributed by atoms with Crippen LogP contribution in [0.5, 0.6) is 0 Å². The Labute approximate surface area is 96.3 Å². The average molecular weight is 237 g/mol. The molecule has 0 radical (unpaired) electrons. The zero-order valence-corrected chi connectivity index (χ0v) is 9.57. The molecule has 0 saturated carbocycles. The fraction of sp³-hybridized carbons (Fsp3) is 0.333. The average Bonchev–Trinajstić information content (AvgIpc) is 2.89. The fourth-order valence-corrected chi connectivity index (χ4v) is 1.82. The molecule has 0 atom stereocenters. The lowest BCUT2D eigenvalue weighted by Gasteiger charge is -1.99. The van der Waals surface area contributed by atoms with E-state index in [0.29, 0.717) is 12.2 Å². The highest BCUT2D eigenvalue weighted by Crippen LogP contribution is 2.03. The van der Waals surface area contributed by atoms with Crippen LogP contribution in [0.4, 0.5) is 0 Å². The molecule has 2 aromatic rings. The van der Waals surface area contributed by atoms with Crippen LogP contribution in [0.3, 0.4) is 0 Å². The van der Waals surface area contributed by atoms with Gasteiger partial charge in [0.2, 0.25) is 0 Å². The van der Waals surface area contributed by atoms with Crippen LogP contribution in [0.15, 0.2) is 17.8 Å². The van der Waals surface area contributed by atoms with Gasteiger partial charge in [-0.3, -0.25) is 9.48 Å². The minimum absolute atomic E-state index is 0.204. The van der Waals surface area contributed by atoms with Crippen molar-refractivity contribution in [1.82, 2.24) is 25.3 Å². The Hall–Kier alpha value is -1.76. The van der Waals surface area contributed by atoms with Gasteiger partial charge in [-0.05, 0) is 0 Å². The Morgan fingerprint density at radius 1 is 1.62 bits per heavy atom. The first kappa shape index (κ1) is 10.7. The molecule has 0 aliphatic rings. The summed E-state index contributed by atoms with van der Waals surface area (Å²) in [5.41, 5.74) is 0.335. The van der Waals surface area contributed by atoms with Gasteiger partial charge in [-0.15, -0.1) is 16.4 Å². The molecule has 1 amide bonds. The smallest absolute Gasteiger partial charge is 0.273 e. The van der Waals surface area contributed by atoms with Crippen molar-refractivity contribution >= 4 is 17.2 Å². The van der Waals surface area contributed by atoms with E-state index in [-0.39, 0.29) is 5.91 Å². The first-order valence-electron chi connectivity index (χ1n) is 4.78. The maximum atomic E-state index is 11.5. The van der Waals surface area contributed by atoms with Crippen molar-refractivity contribution in [2.75, 3.05) is 6.54 Å². The van der Waals surface area contributed by atoms with Gasteiger partial charge in [0.05, 0.1) is 11.2 Å². The molecule has 0 aliphatic heterocycles. The number of aryl methyl sites for hydroxylation is 1. The number of hydrogen-bond acceptors (Lipinski definition) is 5. The van der Waals surface area contributed by atoms with Crippen LogP contribution in [0, 0.1) is 0 Å². The van der Waals surface area contributed by atoms with E-state index in [9.17, 15) is 4.79 Å². The largest absolute Gasteiger partial charge is 0.350 e. The molecule has 0 spiro atoms. The van der Waals surface area contributed by atoms with E-state index in [1.807, 2.05) is 5.38 Å². The lowest BCUT2D eigenvalue weighted by atomic mass is 10.4. The molecule has 0 aromatic carbocycles. The minimum Gasteiger partial charge on any atom is -0.350 e. The minimum atomic E-state index is -0.204. The standard InChI is InChI=1S/C9H11N5OS/c1-14-6-7(12-13-14)9(15)11-3-2-8-10-4-5-16-8/h4-6H,2-3H2,1H3,(H,11,15). The quantitative estimate of drug-likeness (QED) is 0.827. The monoisotopic (exact) mass is 237 g/mol. The zero-order valence-electron chi connectivity index (χ0n) is 8.75. The number of carbonyl (C=O) groups is 1. The summed E-state index contributed by atoms with van der Waals surface area (Å²) in [6.45, 7) is 0.558. The van der Waals surface area contributed by atoms with Gasteiger partial charge < -0.3 is 5.32 Å². The molecule has 2 rings (SSSR count). The van der Waals surface area contributed by atoms with Gasteiger partial charge in [0, 0.05) is 31.6 Å². The molecule has 0 saturated heterocycles. The van der Waals surface area contributed by atoms with Crippen molar-refractivity contribution in [3.8, 4) is 0 Å². The summed E-state index contributed by atoms with van der Waals surface area (Å²) in [7, 11) is 1.72.